The second kappa shape index (κ2) is 5.82. The van der Waals surface area contributed by atoms with Crippen LogP contribution in [0.3, 0.4) is 0 Å². The summed E-state index contributed by atoms with van der Waals surface area (Å²) >= 11 is 0. The van der Waals surface area contributed by atoms with Crippen LogP contribution in [0, 0.1) is 13.8 Å². The first kappa shape index (κ1) is 13.7. The average molecular weight is 235 g/mol. The molecule has 17 heavy (non-hydrogen) atoms. The second-order valence-electron chi connectivity index (χ2n) is 4.71. The van der Waals surface area contributed by atoms with E-state index in [1.807, 2.05) is 0 Å². The van der Waals surface area contributed by atoms with Crippen LogP contribution in [-0.2, 0) is 4.79 Å². The molecule has 2 unspecified atom stereocenters. The molecule has 3 N–H and O–H groups in total. The highest BCUT2D eigenvalue weighted by molar-refractivity contribution is 5.73. The van der Waals surface area contributed by atoms with Crippen LogP contribution >= 0.6 is 0 Å². The van der Waals surface area contributed by atoms with Crippen LogP contribution in [0.4, 0.5) is 0 Å². The third kappa shape index (κ3) is 3.86. The van der Waals surface area contributed by atoms with E-state index in [1.54, 1.807) is 0 Å². The van der Waals surface area contributed by atoms with Crippen LogP contribution in [0.2, 0.25) is 0 Å². The molecular weight excluding hydrogens is 214 g/mol. The monoisotopic (exact) mass is 235 g/mol. The predicted molar refractivity (Wildman–Crippen MR) is 69.2 cm³/mol. The molecule has 0 radical (unpaired) electrons. The lowest BCUT2D eigenvalue weighted by atomic mass is 9.88. The summed E-state index contributed by atoms with van der Waals surface area (Å²) in [6, 6.07) is 5.58. The maximum Gasteiger partial charge on any atom is 0.320 e. The SMILES string of the molecule is CCC(CC(N)C(=O)O)c1cc(C)cc(C)c1. The summed E-state index contributed by atoms with van der Waals surface area (Å²) in [6.07, 6.45) is 1.40. The van der Waals surface area contributed by atoms with Gasteiger partial charge in [-0.2, -0.15) is 0 Å². The minimum Gasteiger partial charge on any atom is -0.480 e. The second-order valence-corrected chi connectivity index (χ2v) is 4.71. The topological polar surface area (TPSA) is 63.3 Å². The Hall–Kier alpha value is -1.35. The molecule has 0 aliphatic carbocycles. The lowest BCUT2D eigenvalue weighted by Crippen LogP contribution is -2.31. The predicted octanol–water partition coefficient (Wildman–Crippen LogP) is 2.60. The van der Waals surface area contributed by atoms with E-state index in [9.17, 15) is 4.79 Å². The Balaban J connectivity index is 2.89. The van der Waals surface area contributed by atoms with E-state index >= 15 is 0 Å². The summed E-state index contributed by atoms with van der Waals surface area (Å²) in [5.41, 5.74) is 9.22. The number of carbonyl (C=O) groups is 1. The molecule has 3 nitrogen and oxygen atoms in total. The zero-order chi connectivity index (χ0) is 13.0. The van der Waals surface area contributed by atoms with Crippen LogP contribution in [0.1, 0.15) is 42.4 Å². The Morgan fingerprint density at radius 2 is 1.82 bits per heavy atom. The van der Waals surface area contributed by atoms with Crippen molar-refractivity contribution in [1.82, 2.24) is 0 Å². The van der Waals surface area contributed by atoms with Gasteiger partial charge in [0.1, 0.15) is 6.04 Å². The van der Waals surface area contributed by atoms with Gasteiger partial charge in [0, 0.05) is 0 Å². The van der Waals surface area contributed by atoms with Crippen LogP contribution in [0.5, 0.6) is 0 Å². The van der Waals surface area contributed by atoms with E-state index in [-0.39, 0.29) is 5.92 Å². The molecule has 0 aliphatic heterocycles. The van der Waals surface area contributed by atoms with Crippen molar-refractivity contribution in [2.45, 2.75) is 45.6 Å². The number of benzene rings is 1. The van der Waals surface area contributed by atoms with E-state index in [1.165, 1.54) is 16.7 Å². The van der Waals surface area contributed by atoms with Crippen molar-refractivity contribution in [3.63, 3.8) is 0 Å². The summed E-state index contributed by atoms with van der Waals surface area (Å²) in [6.45, 7) is 6.18. The first-order valence-corrected chi connectivity index (χ1v) is 6.00. The van der Waals surface area contributed by atoms with E-state index in [0.29, 0.717) is 6.42 Å². The molecule has 1 aromatic rings. The molecule has 1 aromatic carbocycles. The third-order valence-corrected chi connectivity index (χ3v) is 3.06. The molecule has 0 saturated carbocycles. The molecule has 0 aliphatic rings. The number of carboxylic acids is 1. The number of aliphatic carboxylic acids is 1. The molecule has 0 spiro atoms. The Kier molecular flexibility index (Phi) is 4.70. The molecular formula is C14H21NO2. The standard InChI is InChI=1S/C14H21NO2/c1-4-11(8-13(15)14(16)17)12-6-9(2)5-10(3)7-12/h5-7,11,13H,4,8,15H2,1-3H3,(H,16,17). The Morgan fingerprint density at radius 1 is 1.29 bits per heavy atom. The zero-order valence-corrected chi connectivity index (χ0v) is 10.7. The normalized spacial score (nSPS) is 14.4. The summed E-state index contributed by atoms with van der Waals surface area (Å²) in [7, 11) is 0. The van der Waals surface area contributed by atoms with E-state index in [2.05, 4.69) is 39.0 Å². The average Bonchev–Trinajstić information content (AvgIpc) is 2.23. The summed E-state index contributed by atoms with van der Waals surface area (Å²) in [4.78, 5) is 10.8. The lowest BCUT2D eigenvalue weighted by Gasteiger charge is -2.18. The highest BCUT2D eigenvalue weighted by Crippen LogP contribution is 2.26. The molecule has 2 atom stereocenters. The maximum absolute atomic E-state index is 10.8. The fraction of sp³-hybridized carbons (Fsp3) is 0.500. The van der Waals surface area contributed by atoms with Crippen molar-refractivity contribution >= 4 is 5.97 Å². The number of hydrogen-bond donors (Lipinski definition) is 2. The maximum atomic E-state index is 10.8. The Labute approximate surface area is 103 Å². The highest BCUT2D eigenvalue weighted by atomic mass is 16.4. The van der Waals surface area contributed by atoms with E-state index < -0.39 is 12.0 Å². The third-order valence-electron chi connectivity index (χ3n) is 3.06. The minimum absolute atomic E-state index is 0.222. The van der Waals surface area contributed by atoms with Crippen molar-refractivity contribution in [2.24, 2.45) is 5.73 Å². The van der Waals surface area contributed by atoms with Gasteiger partial charge in [0.2, 0.25) is 0 Å². The van der Waals surface area contributed by atoms with Gasteiger partial charge in [-0.3, -0.25) is 4.79 Å². The van der Waals surface area contributed by atoms with E-state index in [4.69, 9.17) is 10.8 Å². The van der Waals surface area contributed by atoms with Crippen LogP contribution in [-0.4, -0.2) is 17.1 Å². The molecule has 94 valence electrons. The fourth-order valence-electron chi connectivity index (χ4n) is 2.19. The van der Waals surface area contributed by atoms with Gasteiger partial charge in [0.05, 0.1) is 0 Å². The van der Waals surface area contributed by atoms with Gasteiger partial charge < -0.3 is 10.8 Å². The number of nitrogens with two attached hydrogens (primary N) is 1. The van der Waals surface area contributed by atoms with Gasteiger partial charge in [-0.25, -0.2) is 0 Å². The Bertz CT molecular complexity index is 381. The fourth-order valence-corrected chi connectivity index (χ4v) is 2.19. The van der Waals surface area contributed by atoms with Gasteiger partial charge in [-0.1, -0.05) is 36.2 Å². The zero-order valence-electron chi connectivity index (χ0n) is 10.7. The van der Waals surface area contributed by atoms with Gasteiger partial charge in [-0.05, 0) is 38.2 Å². The molecule has 0 heterocycles. The minimum atomic E-state index is -0.923. The van der Waals surface area contributed by atoms with Gasteiger partial charge in [-0.15, -0.1) is 0 Å². The van der Waals surface area contributed by atoms with Crippen LogP contribution in [0.15, 0.2) is 18.2 Å². The number of rotatable bonds is 5. The quantitative estimate of drug-likeness (QED) is 0.824. The molecule has 1 rings (SSSR count). The molecule has 0 bridgehead atoms. The van der Waals surface area contributed by atoms with Crippen molar-refractivity contribution in [3.05, 3.63) is 34.9 Å². The molecule has 0 amide bonds. The lowest BCUT2D eigenvalue weighted by molar-refractivity contribution is -0.138. The van der Waals surface area contributed by atoms with E-state index in [0.717, 1.165) is 6.42 Å². The molecule has 0 saturated heterocycles. The van der Waals surface area contributed by atoms with Gasteiger partial charge in [0.25, 0.3) is 0 Å². The summed E-state index contributed by atoms with van der Waals surface area (Å²) in [5, 5.41) is 8.86. The first-order chi connectivity index (χ1) is 7.93. The Morgan fingerprint density at radius 3 is 2.24 bits per heavy atom. The van der Waals surface area contributed by atoms with Gasteiger partial charge >= 0.3 is 5.97 Å². The van der Waals surface area contributed by atoms with Crippen molar-refractivity contribution in [2.75, 3.05) is 0 Å². The number of carboxylic acid groups (broad SMARTS) is 1. The first-order valence-electron chi connectivity index (χ1n) is 6.00. The largest absolute Gasteiger partial charge is 0.480 e. The number of hydrogen-bond acceptors (Lipinski definition) is 2. The van der Waals surface area contributed by atoms with Crippen LogP contribution in [0.25, 0.3) is 0 Å². The van der Waals surface area contributed by atoms with Crippen molar-refractivity contribution in [3.8, 4) is 0 Å². The molecule has 3 heteroatoms. The molecule has 0 aromatic heterocycles. The molecule has 0 fully saturated rings. The van der Waals surface area contributed by atoms with Crippen molar-refractivity contribution in [1.29, 1.82) is 0 Å². The smallest absolute Gasteiger partial charge is 0.320 e. The summed E-state index contributed by atoms with van der Waals surface area (Å²) < 4.78 is 0. The number of aryl methyl sites for hydroxylation is 2. The summed E-state index contributed by atoms with van der Waals surface area (Å²) in [5.74, 6) is -0.701. The van der Waals surface area contributed by atoms with Crippen LogP contribution < -0.4 is 5.73 Å². The van der Waals surface area contributed by atoms with Crippen molar-refractivity contribution < 1.29 is 9.90 Å². The van der Waals surface area contributed by atoms with Gasteiger partial charge in [0.15, 0.2) is 0 Å². The highest BCUT2D eigenvalue weighted by Gasteiger charge is 2.19.